The van der Waals surface area contributed by atoms with Crippen LogP contribution in [0.3, 0.4) is 0 Å². The molecule has 3 aromatic rings. The van der Waals surface area contributed by atoms with E-state index in [9.17, 15) is 9.59 Å². The highest BCUT2D eigenvalue weighted by atomic mass is 16.7. The second kappa shape index (κ2) is 9.08. The highest BCUT2D eigenvalue weighted by molar-refractivity contribution is 6.06. The molecule has 8 heteroatoms. The van der Waals surface area contributed by atoms with Crippen LogP contribution in [0.15, 0.2) is 71.0 Å². The minimum atomic E-state index is -0.475. The molecule has 0 unspecified atom stereocenters. The Labute approximate surface area is 178 Å². The molecule has 0 radical (unpaired) electrons. The van der Waals surface area contributed by atoms with E-state index in [1.54, 1.807) is 60.7 Å². The SMILES string of the molecule is COc1ccccc1C(=O)NC(=Cc1ccc2c(c1)OCO2)C(=O)NCc1ccco1. The Morgan fingerprint density at radius 3 is 2.71 bits per heavy atom. The topological polar surface area (TPSA) is 99.0 Å². The molecule has 158 valence electrons. The number of benzene rings is 2. The Morgan fingerprint density at radius 2 is 1.90 bits per heavy atom. The van der Waals surface area contributed by atoms with E-state index < -0.39 is 11.8 Å². The smallest absolute Gasteiger partial charge is 0.268 e. The molecule has 0 spiro atoms. The Hall–Kier alpha value is -4.20. The quantitative estimate of drug-likeness (QED) is 0.570. The van der Waals surface area contributed by atoms with Crippen molar-refractivity contribution in [1.29, 1.82) is 0 Å². The zero-order valence-corrected chi connectivity index (χ0v) is 16.7. The molecule has 2 aromatic carbocycles. The molecule has 0 atom stereocenters. The molecule has 8 nitrogen and oxygen atoms in total. The van der Waals surface area contributed by atoms with Crippen molar-refractivity contribution in [2.45, 2.75) is 6.54 Å². The van der Waals surface area contributed by atoms with Gasteiger partial charge in [0.05, 0.1) is 25.5 Å². The molecule has 2 heterocycles. The van der Waals surface area contributed by atoms with Gasteiger partial charge in [0.15, 0.2) is 11.5 Å². The van der Waals surface area contributed by atoms with E-state index in [4.69, 9.17) is 18.6 Å². The predicted molar refractivity (Wildman–Crippen MR) is 112 cm³/mol. The monoisotopic (exact) mass is 420 g/mol. The van der Waals surface area contributed by atoms with Crippen LogP contribution in [0.4, 0.5) is 0 Å². The van der Waals surface area contributed by atoms with Gasteiger partial charge in [-0.15, -0.1) is 0 Å². The summed E-state index contributed by atoms with van der Waals surface area (Å²) in [5.74, 6) is 1.24. The predicted octanol–water partition coefficient (Wildman–Crippen LogP) is 3.10. The highest BCUT2D eigenvalue weighted by Gasteiger charge is 2.19. The summed E-state index contributed by atoms with van der Waals surface area (Å²) in [6, 6.07) is 15.5. The molecule has 31 heavy (non-hydrogen) atoms. The van der Waals surface area contributed by atoms with Crippen molar-refractivity contribution >= 4 is 17.9 Å². The Morgan fingerprint density at radius 1 is 1.06 bits per heavy atom. The van der Waals surface area contributed by atoms with Crippen LogP contribution in [-0.4, -0.2) is 25.7 Å². The van der Waals surface area contributed by atoms with Gasteiger partial charge in [-0.05, 0) is 48.0 Å². The van der Waals surface area contributed by atoms with Crippen LogP contribution in [0.2, 0.25) is 0 Å². The summed E-state index contributed by atoms with van der Waals surface area (Å²) < 4.78 is 21.2. The first-order valence-corrected chi connectivity index (χ1v) is 9.50. The summed E-state index contributed by atoms with van der Waals surface area (Å²) in [4.78, 5) is 25.7. The molecule has 0 fully saturated rings. The lowest BCUT2D eigenvalue weighted by atomic mass is 10.1. The van der Waals surface area contributed by atoms with Crippen LogP contribution < -0.4 is 24.8 Å². The summed E-state index contributed by atoms with van der Waals surface area (Å²) in [6.45, 7) is 0.318. The maximum Gasteiger partial charge on any atom is 0.268 e. The zero-order valence-electron chi connectivity index (χ0n) is 16.7. The summed E-state index contributed by atoms with van der Waals surface area (Å²) in [5.41, 5.74) is 1.02. The third-order valence-corrected chi connectivity index (χ3v) is 4.56. The van der Waals surface area contributed by atoms with Crippen LogP contribution in [-0.2, 0) is 11.3 Å². The number of fused-ring (bicyclic) bond motifs is 1. The van der Waals surface area contributed by atoms with Crippen molar-refractivity contribution < 1.29 is 28.2 Å². The lowest BCUT2D eigenvalue weighted by Crippen LogP contribution is -2.34. The van der Waals surface area contributed by atoms with Gasteiger partial charge in [-0.3, -0.25) is 9.59 Å². The number of methoxy groups -OCH3 is 1. The van der Waals surface area contributed by atoms with Crippen molar-refractivity contribution in [1.82, 2.24) is 10.6 Å². The van der Waals surface area contributed by atoms with Gasteiger partial charge >= 0.3 is 0 Å². The number of amides is 2. The zero-order chi connectivity index (χ0) is 21.6. The molecule has 1 aliphatic heterocycles. The molecule has 0 bridgehead atoms. The van der Waals surface area contributed by atoms with Crippen LogP contribution >= 0.6 is 0 Å². The van der Waals surface area contributed by atoms with Gasteiger partial charge < -0.3 is 29.3 Å². The number of ether oxygens (including phenoxy) is 3. The van der Waals surface area contributed by atoms with Crippen LogP contribution in [0, 0.1) is 0 Å². The molecular weight excluding hydrogens is 400 g/mol. The molecule has 1 aromatic heterocycles. The average molecular weight is 420 g/mol. The fraction of sp³-hybridized carbons (Fsp3) is 0.130. The summed E-state index contributed by atoms with van der Waals surface area (Å²) >= 11 is 0. The number of carbonyl (C=O) groups excluding carboxylic acids is 2. The summed E-state index contributed by atoms with van der Waals surface area (Å²) in [6.07, 6.45) is 3.08. The Bertz CT molecular complexity index is 1120. The molecule has 4 rings (SSSR count). The maximum atomic E-state index is 12.9. The van der Waals surface area contributed by atoms with Gasteiger partial charge in [0.2, 0.25) is 6.79 Å². The number of nitrogens with one attached hydrogen (secondary N) is 2. The second-order valence-corrected chi connectivity index (χ2v) is 6.59. The van der Waals surface area contributed by atoms with E-state index in [-0.39, 0.29) is 19.0 Å². The van der Waals surface area contributed by atoms with Crippen LogP contribution in [0.5, 0.6) is 17.2 Å². The first-order valence-electron chi connectivity index (χ1n) is 9.50. The Balaban J connectivity index is 1.60. The number of para-hydroxylation sites is 1. The summed E-state index contributed by atoms with van der Waals surface area (Å²) in [7, 11) is 1.48. The van der Waals surface area contributed by atoms with Gasteiger partial charge in [0, 0.05) is 0 Å². The standard InChI is InChI=1S/C23H20N2O6/c1-28-19-7-3-2-6-17(19)22(26)25-18(23(27)24-13-16-5-4-10-29-16)11-15-8-9-20-21(12-15)31-14-30-20/h2-12H,13-14H2,1H3,(H,24,27)(H,25,26). The third kappa shape index (κ3) is 4.69. The molecular formula is C23H20N2O6. The number of rotatable bonds is 7. The van der Waals surface area contributed by atoms with E-state index in [0.29, 0.717) is 34.1 Å². The van der Waals surface area contributed by atoms with Gasteiger partial charge in [-0.25, -0.2) is 0 Å². The number of hydrogen-bond donors (Lipinski definition) is 2. The molecule has 2 amide bonds. The van der Waals surface area contributed by atoms with Gasteiger partial charge in [0.25, 0.3) is 11.8 Å². The van der Waals surface area contributed by atoms with E-state index in [1.165, 1.54) is 13.4 Å². The van der Waals surface area contributed by atoms with E-state index in [1.807, 2.05) is 0 Å². The van der Waals surface area contributed by atoms with Crippen molar-refractivity contribution in [3.63, 3.8) is 0 Å². The van der Waals surface area contributed by atoms with Crippen LogP contribution in [0.25, 0.3) is 6.08 Å². The number of furan rings is 1. The minimum Gasteiger partial charge on any atom is -0.496 e. The first-order chi connectivity index (χ1) is 15.1. The number of carbonyl (C=O) groups is 2. The van der Waals surface area contributed by atoms with Crippen LogP contribution in [0.1, 0.15) is 21.7 Å². The van der Waals surface area contributed by atoms with Gasteiger partial charge in [-0.1, -0.05) is 18.2 Å². The van der Waals surface area contributed by atoms with Gasteiger partial charge in [-0.2, -0.15) is 0 Å². The van der Waals surface area contributed by atoms with Crippen molar-refractivity contribution in [3.05, 3.63) is 83.4 Å². The van der Waals surface area contributed by atoms with E-state index in [0.717, 1.165) is 0 Å². The van der Waals surface area contributed by atoms with Crippen molar-refractivity contribution in [3.8, 4) is 17.2 Å². The molecule has 1 aliphatic rings. The number of hydrogen-bond acceptors (Lipinski definition) is 6. The first kappa shape index (κ1) is 20.1. The molecule has 0 saturated heterocycles. The Kier molecular flexibility index (Phi) is 5.89. The fourth-order valence-corrected chi connectivity index (χ4v) is 3.03. The highest BCUT2D eigenvalue weighted by Crippen LogP contribution is 2.33. The molecule has 0 aliphatic carbocycles. The maximum absolute atomic E-state index is 12.9. The average Bonchev–Trinajstić information content (AvgIpc) is 3.48. The van der Waals surface area contributed by atoms with E-state index >= 15 is 0 Å². The lowest BCUT2D eigenvalue weighted by Gasteiger charge is -2.12. The minimum absolute atomic E-state index is 0.0568. The third-order valence-electron chi connectivity index (χ3n) is 4.56. The van der Waals surface area contributed by atoms with E-state index in [2.05, 4.69) is 10.6 Å². The molecule has 0 saturated carbocycles. The molecule has 2 N–H and O–H groups in total. The summed E-state index contributed by atoms with van der Waals surface area (Å²) in [5, 5.41) is 5.42. The normalized spacial score (nSPS) is 12.4. The lowest BCUT2D eigenvalue weighted by molar-refractivity contribution is -0.118. The van der Waals surface area contributed by atoms with Gasteiger partial charge in [0.1, 0.15) is 17.2 Å². The van der Waals surface area contributed by atoms with Crippen molar-refractivity contribution in [2.75, 3.05) is 13.9 Å². The fourth-order valence-electron chi connectivity index (χ4n) is 3.03. The van der Waals surface area contributed by atoms with Crippen molar-refractivity contribution in [2.24, 2.45) is 0 Å². The second-order valence-electron chi connectivity index (χ2n) is 6.59. The largest absolute Gasteiger partial charge is 0.496 e.